The maximum Gasteiger partial charge on any atom is 0.295 e. The number of benzene rings is 1. The molecule has 6 nitrogen and oxygen atoms in total. The topological polar surface area (TPSA) is 79.7 Å². The number of aliphatic hydroxyl groups excluding tert-OH is 1. The number of amides is 1. The summed E-state index contributed by atoms with van der Waals surface area (Å²) in [7, 11) is 1.61. The lowest BCUT2D eigenvalue weighted by Gasteiger charge is -2.24. The molecule has 3 aromatic rings. The third-order valence-electron chi connectivity index (χ3n) is 5.91. The molecule has 1 fully saturated rings. The Balaban J connectivity index is 1.88. The highest BCUT2D eigenvalue weighted by Crippen LogP contribution is 2.43. The van der Waals surface area contributed by atoms with Crippen molar-refractivity contribution in [2.75, 3.05) is 7.11 Å². The van der Waals surface area contributed by atoms with Crippen LogP contribution in [0.3, 0.4) is 0 Å². The monoisotopic (exact) mass is 462 g/mol. The van der Waals surface area contributed by atoms with Gasteiger partial charge >= 0.3 is 0 Å². The Labute approximate surface area is 197 Å². The van der Waals surface area contributed by atoms with Crippen molar-refractivity contribution in [1.29, 1.82) is 0 Å². The fourth-order valence-corrected chi connectivity index (χ4v) is 5.04. The number of nitrogens with zero attached hydrogens (tertiary/aromatic N) is 2. The van der Waals surface area contributed by atoms with Gasteiger partial charge in [0.15, 0.2) is 0 Å². The Morgan fingerprint density at radius 1 is 1.21 bits per heavy atom. The molecule has 0 spiro atoms. The van der Waals surface area contributed by atoms with Crippen LogP contribution in [0.2, 0.25) is 0 Å². The average Bonchev–Trinajstić information content (AvgIpc) is 3.41. The molecular weight excluding hydrogens is 436 g/mol. The van der Waals surface area contributed by atoms with Gasteiger partial charge in [-0.2, -0.15) is 0 Å². The number of aryl methyl sites for hydroxylation is 1. The van der Waals surface area contributed by atoms with Gasteiger partial charge in [0.05, 0.1) is 18.7 Å². The molecule has 0 aliphatic carbocycles. The SMILES string of the molecule is COc1cc(C)c(/C(O)=C2\C(=O)C(=O)N(Cc3ccncc3)C2c2cccs2)cc1C(C)C. The van der Waals surface area contributed by atoms with Gasteiger partial charge in [-0.25, -0.2) is 0 Å². The number of aromatic nitrogens is 1. The lowest BCUT2D eigenvalue weighted by atomic mass is 9.92. The summed E-state index contributed by atoms with van der Waals surface area (Å²) in [5.41, 5.74) is 3.18. The fourth-order valence-electron chi connectivity index (χ4n) is 4.20. The first-order valence-electron chi connectivity index (χ1n) is 10.7. The Morgan fingerprint density at radius 3 is 2.55 bits per heavy atom. The molecule has 1 aromatic carbocycles. The normalized spacial score (nSPS) is 17.7. The van der Waals surface area contributed by atoms with Gasteiger partial charge < -0.3 is 14.7 Å². The van der Waals surface area contributed by atoms with Crippen LogP contribution in [-0.2, 0) is 16.1 Å². The van der Waals surface area contributed by atoms with Crippen LogP contribution in [0.5, 0.6) is 5.75 Å². The van der Waals surface area contributed by atoms with Crippen molar-refractivity contribution in [3.63, 3.8) is 0 Å². The summed E-state index contributed by atoms with van der Waals surface area (Å²) < 4.78 is 5.52. The van der Waals surface area contributed by atoms with Crippen molar-refractivity contribution in [2.24, 2.45) is 0 Å². The molecule has 1 aliphatic heterocycles. The molecule has 170 valence electrons. The van der Waals surface area contributed by atoms with Crippen LogP contribution in [0, 0.1) is 6.92 Å². The number of rotatable bonds is 6. The van der Waals surface area contributed by atoms with E-state index in [9.17, 15) is 14.7 Å². The summed E-state index contributed by atoms with van der Waals surface area (Å²) in [5, 5.41) is 13.3. The maximum absolute atomic E-state index is 13.2. The Morgan fingerprint density at radius 2 is 1.94 bits per heavy atom. The molecule has 4 rings (SSSR count). The number of ketones is 1. The minimum Gasteiger partial charge on any atom is -0.507 e. The number of aliphatic hydroxyl groups is 1. The lowest BCUT2D eigenvalue weighted by molar-refractivity contribution is -0.140. The van der Waals surface area contributed by atoms with E-state index in [1.54, 1.807) is 19.5 Å². The van der Waals surface area contributed by atoms with E-state index in [4.69, 9.17) is 4.74 Å². The van der Waals surface area contributed by atoms with Gasteiger partial charge in [0.25, 0.3) is 11.7 Å². The molecule has 2 aromatic heterocycles. The number of carbonyl (C=O) groups is 2. The van der Waals surface area contributed by atoms with Gasteiger partial charge in [-0.3, -0.25) is 14.6 Å². The first-order valence-corrected chi connectivity index (χ1v) is 11.6. The Kier molecular flexibility index (Phi) is 6.33. The molecule has 1 unspecified atom stereocenters. The highest BCUT2D eigenvalue weighted by molar-refractivity contribution is 7.10. The van der Waals surface area contributed by atoms with Crippen molar-refractivity contribution in [2.45, 2.75) is 39.3 Å². The van der Waals surface area contributed by atoms with Crippen LogP contribution >= 0.6 is 11.3 Å². The molecule has 0 radical (unpaired) electrons. The van der Waals surface area contributed by atoms with E-state index in [2.05, 4.69) is 4.98 Å². The zero-order valence-corrected chi connectivity index (χ0v) is 19.8. The molecule has 0 bridgehead atoms. The fraction of sp³-hybridized carbons (Fsp3) is 0.269. The van der Waals surface area contributed by atoms with Gasteiger partial charge in [0.2, 0.25) is 0 Å². The molecule has 3 heterocycles. The molecule has 7 heteroatoms. The zero-order valence-electron chi connectivity index (χ0n) is 19.0. The predicted octanol–water partition coefficient (Wildman–Crippen LogP) is 5.21. The molecule has 0 saturated carbocycles. The number of likely N-dealkylation sites (tertiary alicyclic amines) is 1. The van der Waals surface area contributed by atoms with Gasteiger partial charge in [-0.05, 0) is 65.2 Å². The van der Waals surface area contributed by atoms with E-state index in [0.29, 0.717) is 5.56 Å². The predicted molar refractivity (Wildman–Crippen MR) is 128 cm³/mol. The van der Waals surface area contributed by atoms with E-state index in [1.165, 1.54) is 16.2 Å². The number of hydrogen-bond donors (Lipinski definition) is 1. The van der Waals surface area contributed by atoms with E-state index in [-0.39, 0.29) is 23.8 Å². The van der Waals surface area contributed by atoms with Gasteiger partial charge in [0.1, 0.15) is 11.5 Å². The number of Topliss-reactive ketones (excluding diaryl/α,β-unsaturated/α-hetero) is 1. The van der Waals surface area contributed by atoms with Crippen molar-refractivity contribution in [3.8, 4) is 5.75 Å². The number of hydrogen-bond acceptors (Lipinski definition) is 6. The number of carbonyl (C=O) groups excluding carboxylic acids is 2. The summed E-state index contributed by atoms with van der Waals surface area (Å²) in [5.74, 6) is -0.587. The molecule has 33 heavy (non-hydrogen) atoms. The summed E-state index contributed by atoms with van der Waals surface area (Å²) in [6, 6.07) is 10.4. The third kappa shape index (κ3) is 4.16. The number of methoxy groups -OCH3 is 1. The van der Waals surface area contributed by atoms with Gasteiger partial charge in [0, 0.05) is 29.4 Å². The van der Waals surface area contributed by atoms with Crippen molar-refractivity contribution in [3.05, 3.63) is 86.9 Å². The number of pyridine rings is 1. The van der Waals surface area contributed by atoms with Crippen LogP contribution < -0.4 is 4.74 Å². The van der Waals surface area contributed by atoms with Gasteiger partial charge in [-0.1, -0.05) is 19.9 Å². The average molecular weight is 463 g/mol. The van der Waals surface area contributed by atoms with Crippen molar-refractivity contribution < 1.29 is 19.4 Å². The molecular formula is C26H26N2O4S. The van der Waals surface area contributed by atoms with Crippen LogP contribution in [0.1, 0.15) is 52.9 Å². The van der Waals surface area contributed by atoms with Crippen molar-refractivity contribution in [1.82, 2.24) is 9.88 Å². The van der Waals surface area contributed by atoms with Gasteiger partial charge in [-0.15, -0.1) is 11.3 Å². The molecule has 1 amide bonds. The van der Waals surface area contributed by atoms with E-state index in [0.717, 1.165) is 27.3 Å². The lowest BCUT2D eigenvalue weighted by Crippen LogP contribution is -2.28. The molecule has 1 saturated heterocycles. The summed E-state index contributed by atoms with van der Waals surface area (Å²) in [6.07, 6.45) is 3.31. The van der Waals surface area contributed by atoms with E-state index >= 15 is 0 Å². The number of thiophene rings is 1. The first-order chi connectivity index (χ1) is 15.8. The Hall–Kier alpha value is -3.45. The van der Waals surface area contributed by atoms with Crippen LogP contribution in [0.25, 0.3) is 5.76 Å². The molecule has 1 N–H and O–H groups in total. The summed E-state index contributed by atoms with van der Waals surface area (Å²) in [4.78, 5) is 32.7. The second-order valence-corrected chi connectivity index (χ2v) is 9.34. The standard InChI is InChI=1S/C26H26N2O4S/c1-15(2)18-13-19(16(3)12-20(18)32-4)24(29)22-23(21-6-5-11-33-21)28(26(31)25(22)30)14-17-7-9-27-10-8-17/h5-13,15,23,29H,14H2,1-4H3/b24-22+. The zero-order chi connectivity index (χ0) is 23.7. The Bertz CT molecular complexity index is 1220. The maximum atomic E-state index is 13.2. The quantitative estimate of drug-likeness (QED) is 0.309. The van der Waals surface area contributed by atoms with Crippen LogP contribution in [0.4, 0.5) is 0 Å². The minimum absolute atomic E-state index is 0.111. The second kappa shape index (κ2) is 9.19. The number of ether oxygens (including phenoxy) is 1. The smallest absolute Gasteiger partial charge is 0.295 e. The largest absolute Gasteiger partial charge is 0.507 e. The summed E-state index contributed by atoms with van der Waals surface area (Å²) in [6.45, 7) is 6.17. The second-order valence-electron chi connectivity index (χ2n) is 8.36. The highest BCUT2D eigenvalue weighted by Gasteiger charge is 2.46. The molecule has 1 aliphatic rings. The van der Waals surface area contributed by atoms with Crippen LogP contribution in [0.15, 0.2) is 59.7 Å². The highest BCUT2D eigenvalue weighted by atomic mass is 32.1. The van der Waals surface area contributed by atoms with Crippen LogP contribution in [-0.4, -0.2) is 33.8 Å². The third-order valence-corrected chi connectivity index (χ3v) is 6.83. The van der Waals surface area contributed by atoms with Crippen molar-refractivity contribution >= 4 is 28.8 Å². The summed E-state index contributed by atoms with van der Waals surface area (Å²) >= 11 is 1.45. The van der Waals surface area contributed by atoms with E-state index < -0.39 is 17.7 Å². The molecule has 1 atom stereocenters. The minimum atomic E-state index is -0.679. The first kappa shape index (κ1) is 22.7. The van der Waals surface area contributed by atoms with E-state index in [1.807, 2.05) is 62.5 Å².